The highest BCUT2D eigenvalue weighted by Crippen LogP contribution is 2.38. The highest BCUT2D eigenvalue weighted by molar-refractivity contribution is 7.89. The largest absolute Gasteiger partial charge is 0.495 e. The number of anilines is 2. The van der Waals surface area contributed by atoms with Crippen molar-refractivity contribution >= 4 is 21.8 Å². The number of sulfonamides is 1. The summed E-state index contributed by atoms with van der Waals surface area (Å²) < 4.78 is 34.8. The lowest BCUT2D eigenvalue weighted by molar-refractivity contribution is 0.256. The van der Waals surface area contributed by atoms with Gasteiger partial charge in [0.2, 0.25) is 16.0 Å². The summed E-state index contributed by atoms with van der Waals surface area (Å²) in [6.07, 6.45) is 1.29. The first-order valence-corrected chi connectivity index (χ1v) is 10.2. The molecule has 2 aromatic rings. The number of nitrogen functional groups attached to an aromatic ring is 1. The van der Waals surface area contributed by atoms with Gasteiger partial charge >= 0.3 is 0 Å². The number of methoxy groups -OCH3 is 1. The van der Waals surface area contributed by atoms with Crippen LogP contribution in [0.2, 0.25) is 0 Å². The second-order valence-corrected chi connectivity index (χ2v) is 7.92. The van der Waals surface area contributed by atoms with Crippen LogP contribution < -0.4 is 25.2 Å². The Kier molecular flexibility index (Phi) is 7.19. The molecule has 160 valence electrons. The fourth-order valence-electron chi connectivity index (χ4n) is 2.56. The van der Waals surface area contributed by atoms with Gasteiger partial charge in [0.05, 0.1) is 19.9 Å². The predicted octanol–water partition coefficient (Wildman–Crippen LogP) is 0.379. The van der Waals surface area contributed by atoms with E-state index in [9.17, 15) is 13.5 Å². The van der Waals surface area contributed by atoms with Crippen molar-refractivity contribution in [2.75, 3.05) is 37.6 Å². The summed E-state index contributed by atoms with van der Waals surface area (Å²) in [7, 11) is -2.72. The summed E-state index contributed by atoms with van der Waals surface area (Å²) in [5, 5.41) is 23.7. The summed E-state index contributed by atoms with van der Waals surface area (Å²) in [5.74, 6) is 0.435. The molecule has 0 radical (unpaired) electrons. The smallest absolute Gasteiger partial charge is 0.241 e. The maximum absolute atomic E-state index is 11.9. The number of aromatic nitrogens is 2. The van der Waals surface area contributed by atoms with Crippen LogP contribution in [-0.2, 0) is 10.0 Å². The van der Waals surface area contributed by atoms with Crippen LogP contribution >= 0.6 is 0 Å². The number of nitrogens with zero attached hydrogens (tertiary/aromatic N) is 3. The van der Waals surface area contributed by atoms with E-state index in [1.165, 1.54) is 24.3 Å². The SMILES string of the molecule is COc1cc(C(C)C)c(Oc2cnc(N(CO)CCO)nc2N)cc1S(N)(=O)=O. The number of ether oxygens (including phenoxy) is 2. The van der Waals surface area contributed by atoms with E-state index in [4.69, 9.17) is 25.5 Å². The summed E-state index contributed by atoms with van der Waals surface area (Å²) in [4.78, 5) is 9.22. The predicted molar refractivity (Wildman–Crippen MR) is 106 cm³/mol. The molecule has 29 heavy (non-hydrogen) atoms. The van der Waals surface area contributed by atoms with Gasteiger partial charge in [-0.1, -0.05) is 13.8 Å². The van der Waals surface area contributed by atoms with E-state index in [1.807, 2.05) is 13.8 Å². The first kappa shape index (κ1) is 22.6. The van der Waals surface area contributed by atoms with Crippen molar-refractivity contribution in [1.82, 2.24) is 9.97 Å². The van der Waals surface area contributed by atoms with E-state index in [0.29, 0.717) is 5.56 Å². The average molecular weight is 427 g/mol. The Balaban J connectivity index is 2.50. The molecule has 0 aliphatic heterocycles. The van der Waals surface area contributed by atoms with Gasteiger partial charge in [-0.15, -0.1) is 0 Å². The summed E-state index contributed by atoms with van der Waals surface area (Å²) in [6.45, 7) is 3.30. The van der Waals surface area contributed by atoms with Gasteiger partial charge in [-0.05, 0) is 12.0 Å². The second-order valence-electron chi connectivity index (χ2n) is 6.39. The first-order chi connectivity index (χ1) is 13.6. The van der Waals surface area contributed by atoms with E-state index >= 15 is 0 Å². The van der Waals surface area contributed by atoms with Crippen molar-refractivity contribution in [3.05, 3.63) is 23.9 Å². The van der Waals surface area contributed by atoms with Gasteiger partial charge in [-0.25, -0.2) is 18.5 Å². The minimum atomic E-state index is -4.07. The molecule has 0 amide bonds. The number of rotatable bonds is 9. The molecular weight excluding hydrogens is 402 g/mol. The number of nitrogens with two attached hydrogens (primary N) is 2. The summed E-state index contributed by atoms with van der Waals surface area (Å²) in [6, 6.07) is 2.81. The summed E-state index contributed by atoms with van der Waals surface area (Å²) in [5.41, 5.74) is 6.61. The van der Waals surface area contributed by atoms with Crippen molar-refractivity contribution in [2.45, 2.75) is 24.7 Å². The molecule has 0 aliphatic carbocycles. The lowest BCUT2D eigenvalue weighted by Crippen LogP contribution is -2.29. The third kappa shape index (κ3) is 5.23. The molecule has 1 heterocycles. The van der Waals surface area contributed by atoms with Gasteiger partial charge in [-0.3, -0.25) is 0 Å². The molecule has 0 bridgehead atoms. The quantitative estimate of drug-likeness (QED) is 0.409. The number of aliphatic hydroxyl groups excluding tert-OH is 2. The van der Waals surface area contributed by atoms with Crippen molar-refractivity contribution in [3.8, 4) is 17.2 Å². The minimum Gasteiger partial charge on any atom is -0.495 e. The molecule has 12 heteroatoms. The zero-order valence-electron chi connectivity index (χ0n) is 16.4. The maximum Gasteiger partial charge on any atom is 0.241 e. The zero-order valence-corrected chi connectivity index (χ0v) is 17.2. The van der Waals surface area contributed by atoms with Gasteiger partial charge in [0.25, 0.3) is 0 Å². The Bertz CT molecular complexity index is 967. The molecule has 0 fully saturated rings. The van der Waals surface area contributed by atoms with E-state index in [-0.39, 0.29) is 53.0 Å². The van der Waals surface area contributed by atoms with E-state index in [2.05, 4.69) is 9.97 Å². The van der Waals surface area contributed by atoms with Gasteiger partial charge in [0.1, 0.15) is 23.1 Å². The van der Waals surface area contributed by atoms with Crippen LogP contribution in [0, 0.1) is 0 Å². The van der Waals surface area contributed by atoms with Crippen molar-refractivity contribution < 1.29 is 28.1 Å². The molecule has 0 saturated carbocycles. The minimum absolute atomic E-state index is 0.0333. The third-order valence-electron chi connectivity index (χ3n) is 4.04. The number of hydrogen-bond donors (Lipinski definition) is 4. The maximum atomic E-state index is 11.9. The molecule has 11 nitrogen and oxygen atoms in total. The van der Waals surface area contributed by atoms with Gasteiger partial charge in [0.15, 0.2) is 11.6 Å². The molecule has 0 aliphatic rings. The molecule has 0 atom stereocenters. The van der Waals surface area contributed by atoms with Crippen LogP contribution in [-0.4, -0.2) is 55.6 Å². The molecule has 0 spiro atoms. The third-order valence-corrected chi connectivity index (χ3v) is 4.97. The number of hydrogen-bond acceptors (Lipinski definition) is 10. The standard InChI is InChI=1S/C17H25N5O6S/c1-10(2)11-6-13(27-3)15(29(19,25)26)7-12(11)28-14-8-20-17(21-16(14)18)22(9-24)4-5-23/h6-8,10,23-24H,4-5,9H2,1-3H3,(H2,18,20,21)(H2,19,25,26). The molecule has 0 unspecified atom stereocenters. The van der Waals surface area contributed by atoms with E-state index in [1.54, 1.807) is 6.07 Å². The molecule has 6 N–H and O–H groups in total. The van der Waals surface area contributed by atoms with Crippen molar-refractivity contribution in [1.29, 1.82) is 0 Å². The van der Waals surface area contributed by atoms with Gasteiger partial charge < -0.3 is 30.3 Å². The number of primary sulfonamides is 1. The van der Waals surface area contributed by atoms with Crippen LogP contribution in [0.25, 0.3) is 0 Å². The van der Waals surface area contributed by atoms with Gasteiger partial charge in [-0.2, -0.15) is 4.98 Å². The Labute approximate surface area is 168 Å². The molecular formula is C17H25N5O6S. The van der Waals surface area contributed by atoms with E-state index < -0.39 is 16.8 Å². The second kappa shape index (κ2) is 9.22. The fourth-order valence-corrected chi connectivity index (χ4v) is 3.25. The zero-order chi connectivity index (χ0) is 21.8. The van der Waals surface area contributed by atoms with Crippen LogP contribution in [0.15, 0.2) is 23.2 Å². The van der Waals surface area contributed by atoms with Crippen LogP contribution in [0.5, 0.6) is 17.2 Å². The lowest BCUT2D eigenvalue weighted by atomic mass is 10.0. The van der Waals surface area contributed by atoms with Crippen LogP contribution in [0.4, 0.5) is 11.8 Å². The average Bonchev–Trinajstić information content (AvgIpc) is 2.66. The summed E-state index contributed by atoms with van der Waals surface area (Å²) >= 11 is 0. The fraction of sp³-hybridized carbons (Fsp3) is 0.412. The Morgan fingerprint density at radius 2 is 1.90 bits per heavy atom. The lowest BCUT2D eigenvalue weighted by Gasteiger charge is -2.20. The Hall–Kier alpha value is -2.67. The van der Waals surface area contributed by atoms with Crippen molar-refractivity contribution in [2.24, 2.45) is 5.14 Å². The molecule has 2 rings (SSSR count). The topological polar surface area (TPSA) is 174 Å². The number of aliphatic hydroxyl groups is 2. The van der Waals surface area contributed by atoms with Crippen molar-refractivity contribution in [3.63, 3.8) is 0 Å². The molecule has 1 aromatic heterocycles. The molecule has 1 aromatic carbocycles. The molecule has 0 saturated heterocycles. The van der Waals surface area contributed by atoms with E-state index in [0.717, 1.165) is 0 Å². The monoisotopic (exact) mass is 427 g/mol. The Morgan fingerprint density at radius 1 is 1.21 bits per heavy atom. The normalized spacial score (nSPS) is 11.6. The Morgan fingerprint density at radius 3 is 2.38 bits per heavy atom. The first-order valence-electron chi connectivity index (χ1n) is 8.64. The van der Waals surface area contributed by atoms with Gasteiger partial charge in [0, 0.05) is 18.2 Å². The van der Waals surface area contributed by atoms with Crippen LogP contribution in [0.3, 0.4) is 0 Å². The van der Waals surface area contributed by atoms with Crippen LogP contribution in [0.1, 0.15) is 25.3 Å². The number of benzene rings is 1. The highest BCUT2D eigenvalue weighted by Gasteiger charge is 2.22. The highest BCUT2D eigenvalue weighted by atomic mass is 32.2.